The van der Waals surface area contributed by atoms with Gasteiger partial charge in [-0.05, 0) is 48.1 Å². The number of benzene rings is 3. The van der Waals surface area contributed by atoms with Gasteiger partial charge in [-0.3, -0.25) is 4.79 Å². The van der Waals surface area contributed by atoms with Crippen molar-refractivity contribution < 1.29 is 18.7 Å². The lowest BCUT2D eigenvalue weighted by Gasteiger charge is -2.36. The first-order valence-corrected chi connectivity index (χ1v) is 11.8. The van der Waals surface area contributed by atoms with Crippen LogP contribution in [0.15, 0.2) is 107 Å². The maximum Gasteiger partial charge on any atom is 0.337 e. The summed E-state index contributed by atoms with van der Waals surface area (Å²) in [5.41, 5.74) is 4.82. The number of Topliss-reactive ketones (excluding diaryl/α,β-unsaturated/α-hetero) is 1. The van der Waals surface area contributed by atoms with E-state index in [0.29, 0.717) is 35.2 Å². The number of hydrogen-bond acceptors (Lipinski definition) is 4. The highest BCUT2D eigenvalue weighted by atomic mass is 19.1. The van der Waals surface area contributed by atoms with E-state index >= 15 is 0 Å². The molecule has 2 aliphatic rings. The van der Waals surface area contributed by atoms with Crippen molar-refractivity contribution in [2.45, 2.75) is 38.2 Å². The highest BCUT2D eigenvalue weighted by Gasteiger charge is 2.41. The molecule has 3 aromatic rings. The van der Waals surface area contributed by atoms with E-state index in [2.05, 4.69) is 5.32 Å². The zero-order valence-corrected chi connectivity index (χ0v) is 19.5. The lowest BCUT2D eigenvalue weighted by atomic mass is 9.71. The van der Waals surface area contributed by atoms with Gasteiger partial charge in [-0.2, -0.15) is 0 Å². The molecule has 0 saturated heterocycles. The summed E-state index contributed by atoms with van der Waals surface area (Å²) in [7, 11) is 0. The predicted molar refractivity (Wildman–Crippen MR) is 132 cm³/mol. The number of allylic oxidation sites excluding steroid dienone is 3. The van der Waals surface area contributed by atoms with E-state index in [1.807, 2.05) is 67.6 Å². The quantitative estimate of drug-likeness (QED) is 0.473. The van der Waals surface area contributed by atoms with Crippen LogP contribution in [-0.4, -0.2) is 11.8 Å². The predicted octanol–water partition coefficient (Wildman–Crippen LogP) is 5.93. The average Bonchev–Trinajstić information content (AvgIpc) is 2.87. The average molecular weight is 468 g/mol. The fourth-order valence-corrected chi connectivity index (χ4v) is 5.09. The normalized spacial score (nSPS) is 19.8. The fourth-order valence-electron chi connectivity index (χ4n) is 5.09. The molecule has 0 radical (unpaired) electrons. The minimum atomic E-state index is -0.686. The molecule has 0 bridgehead atoms. The fraction of sp³-hybridized carbons (Fsp3) is 0.200. The Bertz CT molecular complexity index is 1330. The molecule has 0 saturated carbocycles. The lowest BCUT2D eigenvalue weighted by molar-refractivity contribution is -0.140. The summed E-state index contributed by atoms with van der Waals surface area (Å²) in [6.07, 6.45) is 0.975. The van der Waals surface area contributed by atoms with Gasteiger partial charge in [-0.1, -0.05) is 72.8 Å². The first-order chi connectivity index (χ1) is 17.0. The summed E-state index contributed by atoms with van der Waals surface area (Å²) in [4.78, 5) is 26.9. The molecule has 0 fully saturated rings. The molecule has 5 rings (SSSR count). The van der Waals surface area contributed by atoms with Crippen LogP contribution in [0.25, 0.3) is 0 Å². The van der Waals surface area contributed by atoms with Gasteiger partial charge in [0.2, 0.25) is 0 Å². The van der Waals surface area contributed by atoms with Gasteiger partial charge in [-0.15, -0.1) is 0 Å². The molecule has 2 unspecified atom stereocenters. The van der Waals surface area contributed by atoms with E-state index in [0.717, 1.165) is 16.8 Å². The van der Waals surface area contributed by atoms with Crippen molar-refractivity contribution in [2.24, 2.45) is 0 Å². The Kier molecular flexibility index (Phi) is 6.32. The van der Waals surface area contributed by atoms with E-state index < -0.39 is 17.7 Å². The van der Waals surface area contributed by atoms with E-state index in [4.69, 9.17) is 4.74 Å². The van der Waals surface area contributed by atoms with Gasteiger partial charge in [-0.25, -0.2) is 9.18 Å². The minimum absolute atomic E-state index is 0.0391. The summed E-state index contributed by atoms with van der Waals surface area (Å²) in [6.45, 7) is 1.92. The third-order valence-corrected chi connectivity index (χ3v) is 6.71. The number of rotatable bonds is 5. The number of carbonyl (C=O) groups is 2. The van der Waals surface area contributed by atoms with Crippen molar-refractivity contribution >= 4 is 11.8 Å². The van der Waals surface area contributed by atoms with Crippen molar-refractivity contribution in [1.29, 1.82) is 0 Å². The van der Waals surface area contributed by atoms with Gasteiger partial charge >= 0.3 is 5.97 Å². The van der Waals surface area contributed by atoms with Crippen molar-refractivity contribution in [1.82, 2.24) is 5.32 Å². The second-order valence-corrected chi connectivity index (χ2v) is 9.04. The van der Waals surface area contributed by atoms with E-state index in [-0.39, 0.29) is 18.3 Å². The Balaban J connectivity index is 1.52. The summed E-state index contributed by atoms with van der Waals surface area (Å²) in [5, 5.41) is 3.34. The van der Waals surface area contributed by atoms with Crippen LogP contribution in [0, 0.1) is 5.82 Å². The second-order valence-electron chi connectivity index (χ2n) is 9.04. The van der Waals surface area contributed by atoms with Gasteiger partial charge in [0.25, 0.3) is 0 Å². The van der Waals surface area contributed by atoms with Crippen molar-refractivity contribution in [3.05, 3.63) is 130 Å². The van der Waals surface area contributed by atoms with Crippen LogP contribution in [0.3, 0.4) is 0 Å². The van der Waals surface area contributed by atoms with Crippen LogP contribution in [0.5, 0.6) is 0 Å². The molecular formula is C30H26FNO3. The molecule has 0 aromatic heterocycles. The second kappa shape index (κ2) is 9.71. The molecule has 2 atom stereocenters. The van der Waals surface area contributed by atoms with Crippen molar-refractivity contribution in [3.8, 4) is 0 Å². The summed E-state index contributed by atoms with van der Waals surface area (Å²) >= 11 is 0. The highest BCUT2D eigenvalue weighted by Crippen LogP contribution is 2.45. The maximum atomic E-state index is 14.3. The number of dihydropyridines is 1. The number of halogens is 1. The number of hydrogen-bond donors (Lipinski definition) is 1. The van der Waals surface area contributed by atoms with Gasteiger partial charge in [0, 0.05) is 29.3 Å². The summed E-state index contributed by atoms with van der Waals surface area (Å²) in [6, 6.07) is 25.5. The lowest BCUT2D eigenvalue weighted by Crippen LogP contribution is -2.36. The standard InChI is InChI=1S/C30H26FNO3/c1-19-27(30(34)35-18-20-9-4-2-5-10-20)28(22-13-8-14-24(31)15-22)29-25(32-19)16-23(17-26(29)33)21-11-6-3-7-12-21/h2-15,23,28,32H,16-18H2,1H3. The number of esters is 1. The van der Waals surface area contributed by atoms with Crippen LogP contribution >= 0.6 is 0 Å². The van der Waals surface area contributed by atoms with E-state index in [9.17, 15) is 14.0 Å². The number of nitrogens with one attached hydrogen (secondary N) is 1. The van der Waals surface area contributed by atoms with Crippen LogP contribution in [0.4, 0.5) is 4.39 Å². The van der Waals surface area contributed by atoms with Gasteiger partial charge in [0.05, 0.1) is 5.57 Å². The molecule has 5 heteroatoms. The molecule has 1 aliphatic heterocycles. The van der Waals surface area contributed by atoms with Crippen molar-refractivity contribution in [3.63, 3.8) is 0 Å². The monoisotopic (exact) mass is 467 g/mol. The molecule has 0 spiro atoms. The first kappa shape index (κ1) is 22.8. The number of ketones is 1. The molecule has 3 aromatic carbocycles. The summed E-state index contributed by atoms with van der Waals surface area (Å²) < 4.78 is 19.9. The molecular weight excluding hydrogens is 441 g/mol. The molecule has 4 nitrogen and oxygen atoms in total. The summed E-state index contributed by atoms with van der Waals surface area (Å²) in [5.74, 6) is -1.61. The third-order valence-electron chi connectivity index (χ3n) is 6.71. The molecule has 1 heterocycles. The van der Waals surface area contributed by atoms with Gasteiger partial charge < -0.3 is 10.1 Å². The first-order valence-electron chi connectivity index (χ1n) is 11.8. The SMILES string of the molecule is CC1=C(C(=O)OCc2ccccc2)C(c2cccc(F)c2)C2=C(CC(c3ccccc3)CC2=O)N1. The molecule has 176 valence electrons. The smallest absolute Gasteiger partial charge is 0.337 e. The Hall–Kier alpha value is -3.99. The van der Waals surface area contributed by atoms with Crippen LogP contribution in [0.2, 0.25) is 0 Å². The molecule has 1 aliphatic carbocycles. The molecule has 0 amide bonds. The maximum absolute atomic E-state index is 14.3. The largest absolute Gasteiger partial charge is 0.457 e. The highest BCUT2D eigenvalue weighted by molar-refractivity contribution is 6.04. The van der Waals surface area contributed by atoms with Crippen LogP contribution in [-0.2, 0) is 20.9 Å². The van der Waals surface area contributed by atoms with Gasteiger partial charge in [0.15, 0.2) is 5.78 Å². The van der Waals surface area contributed by atoms with Crippen LogP contribution in [0.1, 0.15) is 48.3 Å². The Morgan fingerprint density at radius 3 is 2.34 bits per heavy atom. The Morgan fingerprint density at radius 1 is 0.943 bits per heavy atom. The zero-order chi connectivity index (χ0) is 24.4. The molecule has 1 N–H and O–H groups in total. The number of ether oxygens (including phenoxy) is 1. The third kappa shape index (κ3) is 4.67. The van der Waals surface area contributed by atoms with Crippen LogP contribution < -0.4 is 5.32 Å². The Morgan fingerprint density at radius 2 is 1.63 bits per heavy atom. The van der Waals surface area contributed by atoms with Crippen molar-refractivity contribution in [2.75, 3.05) is 0 Å². The number of carbonyl (C=O) groups excluding carboxylic acids is 2. The van der Waals surface area contributed by atoms with E-state index in [1.165, 1.54) is 12.1 Å². The minimum Gasteiger partial charge on any atom is -0.457 e. The topological polar surface area (TPSA) is 55.4 Å². The van der Waals surface area contributed by atoms with E-state index in [1.54, 1.807) is 12.1 Å². The molecule has 35 heavy (non-hydrogen) atoms. The Labute approximate surface area is 204 Å². The van der Waals surface area contributed by atoms with Gasteiger partial charge in [0.1, 0.15) is 12.4 Å². The zero-order valence-electron chi connectivity index (χ0n) is 19.5.